The van der Waals surface area contributed by atoms with E-state index in [1.807, 2.05) is 61.5 Å². The maximum Gasteiger partial charge on any atom is 0.695 e. The zero-order valence-corrected chi connectivity index (χ0v) is 43.5. The highest BCUT2D eigenvalue weighted by Crippen LogP contribution is 2.56. The van der Waals surface area contributed by atoms with Crippen LogP contribution in [0, 0.1) is 23.2 Å². The monoisotopic (exact) mass is 1020 g/mol. The van der Waals surface area contributed by atoms with E-state index in [1.165, 1.54) is 23.2 Å². The largest absolute Gasteiger partial charge is 0.695 e. The van der Waals surface area contributed by atoms with Crippen molar-refractivity contribution in [2.24, 2.45) is 11.8 Å². The van der Waals surface area contributed by atoms with Crippen LogP contribution in [-0.4, -0.2) is 113 Å². The number of nitrogens with zero attached hydrogens (tertiary/aromatic N) is 5. The third kappa shape index (κ3) is 12.6. The van der Waals surface area contributed by atoms with E-state index >= 15 is 0 Å². The number of aliphatic hydroxyl groups excluding tert-OH is 1. The number of carbonyl (C=O) groups is 1. The van der Waals surface area contributed by atoms with Gasteiger partial charge in [-0.2, -0.15) is 10.2 Å². The number of hydrogen-bond acceptors (Lipinski definition) is 18. The van der Waals surface area contributed by atoms with E-state index in [0.29, 0.717) is 5.88 Å². The molecule has 3 aromatic heterocycles. The quantitative estimate of drug-likeness (QED) is 0.0370. The zero-order chi connectivity index (χ0) is 48.7. The van der Waals surface area contributed by atoms with Crippen LogP contribution in [0.15, 0.2) is 35.6 Å². The van der Waals surface area contributed by atoms with Crippen LogP contribution >= 0.6 is 15.0 Å². The summed E-state index contributed by atoms with van der Waals surface area (Å²) in [4.78, 5) is 63.6. The lowest BCUT2D eigenvalue weighted by Gasteiger charge is -2.47. The van der Waals surface area contributed by atoms with Crippen LogP contribution in [0.25, 0.3) is 11.0 Å². The summed E-state index contributed by atoms with van der Waals surface area (Å²) in [5, 5.41) is 23.4. The van der Waals surface area contributed by atoms with Crippen LogP contribution in [0.5, 0.6) is 5.88 Å². The second kappa shape index (κ2) is 23.1. The fourth-order valence-electron chi connectivity index (χ4n) is 8.18. The number of fused-ring (bicyclic) bond motifs is 1. The Morgan fingerprint density at radius 2 is 1.79 bits per heavy atom. The predicted molar refractivity (Wildman–Crippen MR) is 250 cm³/mol. The van der Waals surface area contributed by atoms with Gasteiger partial charge in [-0.1, -0.05) is 69.2 Å². The molecular weight excluding hydrogens is 953 g/mol. The Labute approximate surface area is 392 Å². The molecule has 2 fully saturated rings. The van der Waals surface area contributed by atoms with Crippen molar-refractivity contribution >= 4 is 66.8 Å². The van der Waals surface area contributed by atoms with Crippen molar-refractivity contribution in [2.45, 2.75) is 147 Å². The number of amides is 1. The second-order valence-electron chi connectivity index (χ2n) is 18.0. The molecule has 0 spiro atoms. The normalized spacial score (nSPS) is 23.9. The molecule has 21 nitrogen and oxygen atoms in total. The van der Waals surface area contributed by atoms with Gasteiger partial charge in [0.1, 0.15) is 36.8 Å². The van der Waals surface area contributed by atoms with Gasteiger partial charge in [0.05, 0.1) is 37.7 Å². The molecule has 366 valence electrons. The maximum absolute atomic E-state index is 13.5. The Bertz CT molecular complexity index is 2250. The average molecular weight is 1020 g/mol. The summed E-state index contributed by atoms with van der Waals surface area (Å²) in [6.45, 7) is 13.8. The fraction of sp³-hybridized carbons (Fsp3) is 0.700. The number of anilines is 1. The van der Waals surface area contributed by atoms with Crippen molar-refractivity contribution in [3.05, 3.63) is 41.2 Å². The Morgan fingerprint density at radius 3 is 2.36 bits per heavy atom. The third-order valence-corrected chi connectivity index (χ3v) is 24.4. The first-order valence-corrected chi connectivity index (χ1v) is 29.7. The first-order valence-electron chi connectivity index (χ1n) is 22.1. The van der Waals surface area contributed by atoms with Crippen LogP contribution in [0.3, 0.4) is 0 Å². The Hall–Kier alpha value is -2.96. The molecule has 5 rings (SSSR count). The van der Waals surface area contributed by atoms with E-state index in [9.17, 15) is 34.2 Å². The fourth-order valence-corrected chi connectivity index (χ4v) is 20.7. The molecule has 1 aliphatic carbocycles. The number of carbonyl (C=O) groups excluding carboxylic acids is 1. The zero-order valence-electron chi connectivity index (χ0n) is 38.9. The van der Waals surface area contributed by atoms with Gasteiger partial charge in [0.25, 0.3) is 5.56 Å². The number of aromatic nitrogens is 5. The van der Waals surface area contributed by atoms with E-state index in [-0.39, 0.29) is 71.6 Å². The number of nitriles is 1. The molecule has 0 radical (unpaired) electrons. The predicted octanol–water partition coefficient (Wildman–Crippen LogP) is 6.37. The van der Waals surface area contributed by atoms with Gasteiger partial charge in [0.15, 0.2) is 11.9 Å². The highest BCUT2D eigenvalue weighted by molar-refractivity contribution is 8.07. The Kier molecular flexibility index (Phi) is 18.9. The van der Waals surface area contributed by atoms with Crippen LogP contribution in [0.4, 0.5) is 5.95 Å². The molecule has 1 saturated carbocycles. The van der Waals surface area contributed by atoms with Crippen molar-refractivity contribution < 1.29 is 60.3 Å². The van der Waals surface area contributed by atoms with Crippen LogP contribution in [-0.2, 0) is 52.5 Å². The van der Waals surface area contributed by atoms with Crippen molar-refractivity contribution in [1.29, 1.82) is 5.26 Å². The molecule has 0 aromatic carbocycles. The van der Waals surface area contributed by atoms with Gasteiger partial charge in [-0.3, -0.25) is 24.4 Å². The summed E-state index contributed by atoms with van der Waals surface area (Å²) in [7, 11) is -10.2. The second-order valence-corrected chi connectivity index (χ2v) is 30.3. The molecule has 5 N–H and O–H groups in total. The first kappa shape index (κ1) is 54.0. The highest BCUT2D eigenvalue weighted by atomic mass is 32.5. The SMILES string of the molecule is CC(C)C(=O)Nc1nc2c(ccn2[C@@H]2O[C@H](CO)[C@@H](O[Si](O[Si](O)(C(C)C)C(C)C)(C(C)C)C(C)C)[C@H]2O[P@@](=S)(OCCC#N)OC[C@H]2C[C@@H](Oc3ccncn3)C[C@@H]2O[P+](=O)O)c(=O)[nH]1. The molecule has 0 bridgehead atoms. The van der Waals surface area contributed by atoms with Crippen molar-refractivity contribution in [3.63, 3.8) is 0 Å². The summed E-state index contributed by atoms with van der Waals surface area (Å²) in [6.07, 6.45) is -1.43. The smallest absolute Gasteiger partial charge is 0.474 e. The number of ether oxygens (including phenoxy) is 2. The Balaban J connectivity index is 1.62. The number of H-pyrrole nitrogens is 1. The van der Waals surface area contributed by atoms with Crippen molar-refractivity contribution in [1.82, 2.24) is 24.5 Å². The van der Waals surface area contributed by atoms with Crippen molar-refractivity contribution in [2.75, 3.05) is 25.1 Å². The molecular formula is C40H64N7O14P2SSi2+. The summed E-state index contributed by atoms with van der Waals surface area (Å²) >= 11 is 6.15. The molecule has 9 atom stereocenters. The average Bonchev–Trinajstić information content (AvgIpc) is 3.94. The molecule has 26 heteroatoms. The van der Waals surface area contributed by atoms with Gasteiger partial charge in [-0.05, 0) is 46.5 Å². The summed E-state index contributed by atoms with van der Waals surface area (Å²) in [5.74, 6) is -1.22. The number of aromatic amines is 1. The lowest BCUT2D eigenvalue weighted by molar-refractivity contribution is -0.118. The topological polar surface area (TPSA) is 281 Å². The van der Waals surface area contributed by atoms with Gasteiger partial charge >= 0.3 is 32.1 Å². The minimum absolute atomic E-state index is 0.0843. The molecule has 1 unspecified atom stereocenters. The van der Waals surface area contributed by atoms with E-state index < -0.39 is 98.8 Å². The molecule has 2 aliphatic rings. The molecule has 1 amide bonds. The maximum atomic E-state index is 13.5. The number of rotatable bonds is 24. The molecule has 3 aromatic rings. The number of nitrogens with one attached hydrogen (secondary N) is 2. The minimum Gasteiger partial charge on any atom is -0.474 e. The molecule has 1 aliphatic heterocycles. The summed E-state index contributed by atoms with van der Waals surface area (Å²) in [5.41, 5.74) is -1.47. The van der Waals surface area contributed by atoms with Crippen LogP contribution in [0.2, 0.25) is 22.2 Å². The van der Waals surface area contributed by atoms with Gasteiger partial charge in [-0.15, -0.1) is 9.42 Å². The van der Waals surface area contributed by atoms with E-state index in [4.69, 9.17) is 47.9 Å². The molecule has 66 heavy (non-hydrogen) atoms. The van der Waals surface area contributed by atoms with Crippen LogP contribution < -0.4 is 15.6 Å². The Morgan fingerprint density at radius 1 is 1.09 bits per heavy atom. The van der Waals surface area contributed by atoms with Gasteiger partial charge in [0, 0.05) is 41.3 Å². The highest BCUT2D eigenvalue weighted by Gasteiger charge is 2.60. The van der Waals surface area contributed by atoms with E-state index in [2.05, 4.69) is 25.3 Å². The lowest BCUT2D eigenvalue weighted by atomic mass is 10.1. The number of aliphatic hydroxyl groups is 1. The van der Waals surface area contributed by atoms with Gasteiger partial charge in [-0.25, -0.2) is 9.97 Å². The summed E-state index contributed by atoms with van der Waals surface area (Å²) < 4.78 is 65.6. The van der Waals surface area contributed by atoms with Gasteiger partial charge < -0.3 is 41.5 Å². The summed E-state index contributed by atoms with van der Waals surface area (Å²) in [6, 6.07) is 5.13. The van der Waals surface area contributed by atoms with E-state index in [1.54, 1.807) is 26.1 Å². The molecule has 4 heterocycles. The van der Waals surface area contributed by atoms with Crippen LogP contribution in [0.1, 0.15) is 94.7 Å². The van der Waals surface area contributed by atoms with E-state index in [0.717, 1.165) is 0 Å². The van der Waals surface area contributed by atoms with Gasteiger partial charge in [0.2, 0.25) is 17.7 Å². The van der Waals surface area contributed by atoms with Crippen molar-refractivity contribution in [3.8, 4) is 11.9 Å². The molecule has 1 saturated heterocycles. The standard InChI is InChI=1S/C40H63N7O14P2SSi2/c1-23(2)37(49)45-40-44-36-30(38(50)46-40)13-16-47(36)39-35(34(32(20-48)57-39)60-66(26(7)8,27(9)10)61-65(53,24(3)4)25(5)6)59-63(64,54-17-11-14-41)55-21-28-18-29(19-31(28)58-62(51)52)56-33-12-15-42-22-43-33/h12-13,15-16,22-29,31-32,34-35,39,48,53H,11,17-21H2,1-10H3,(H2-,44,45,46,49,50,51,52)/p+1/t28-,29-,31+,32-,34-,35-,39-,63-/m1/s1. The third-order valence-electron chi connectivity index (χ3n) is 11.8. The minimum atomic E-state index is -4.04. The first-order chi connectivity index (χ1) is 31.1. The lowest BCUT2D eigenvalue weighted by Crippen LogP contribution is -2.62. The number of hydrogen-bond donors (Lipinski definition) is 5.